The van der Waals surface area contributed by atoms with Crippen molar-refractivity contribution in [3.63, 3.8) is 0 Å². The molecule has 0 saturated carbocycles. The molecule has 0 spiro atoms. The van der Waals surface area contributed by atoms with Gasteiger partial charge >= 0.3 is 0 Å². The molecule has 144 valence electrons. The largest absolute Gasteiger partial charge is 0.372 e. The summed E-state index contributed by atoms with van der Waals surface area (Å²) in [5.74, 6) is 1.13. The molecule has 0 atom stereocenters. The number of rotatable bonds is 7. The predicted molar refractivity (Wildman–Crippen MR) is 117 cm³/mol. The van der Waals surface area contributed by atoms with Crippen molar-refractivity contribution in [3.8, 4) is 0 Å². The van der Waals surface area contributed by atoms with Crippen LogP contribution >= 0.6 is 35.0 Å². The van der Waals surface area contributed by atoms with Gasteiger partial charge in [0.25, 0.3) is 0 Å². The molecular formula is C21H24Cl2N2OS. The molecule has 1 heterocycles. The average molecular weight is 423 g/mol. The number of nitrogens with zero attached hydrogens (tertiary/aromatic N) is 1. The minimum atomic E-state index is 0.0326. The van der Waals surface area contributed by atoms with Gasteiger partial charge in [-0.05, 0) is 54.7 Å². The zero-order chi connectivity index (χ0) is 19.1. The van der Waals surface area contributed by atoms with Crippen LogP contribution in [0.5, 0.6) is 0 Å². The van der Waals surface area contributed by atoms with Crippen molar-refractivity contribution in [1.82, 2.24) is 5.32 Å². The van der Waals surface area contributed by atoms with Crippen molar-refractivity contribution in [2.45, 2.75) is 31.6 Å². The highest BCUT2D eigenvalue weighted by Crippen LogP contribution is 2.24. The maximum atomic E-state index is 12.1. The van der Waals surface area contributed by atoms with Crippen LogP contribution in [-0.2, 0) is 17.1 Å². The van der Waals surface area contributed by atoms with E-state index in [0.29, 0.717) is 28.1 Å². The summed E-state index contributed by atoms with van der Waals surface area (Å²) in [5, 5.41) is 4.25. The van der Waals surface area contributed by atoms with Gasteiger partial charge in [-0.3, -0.25) is 4.79 Å². The van der Waals surface area contributed by atoms with Gasteiger partial charge in [0.1, 0.15) is 0 Å². The Labute approximate surface area is 175 Å². The summed E-state index contributed by atoms with van der Waals surface area (Å²) in [6.45, 7) is 2.84. The molecule has 6 heteroatoms. The second kappa shape index (κ2) is 10.3. The van der Waals surface area contributed by atoms with E-state index in [4.69, 9.17) is 23.2 Å². The van der Waals surface area contributed by atoms with Crippen molar-refractivity contribution in [1.29, 1.82) is 0 Å². The van der Waals surface area contributed by atoms with E-state index in [1.807, 2.05) is 12.1 Å². The zero-order valence-corrected chi connectivity index (χ0v) is 17.5. The highest BCUT2D eigenvalue weighted by atomic mass is 35.5. The summed E-state index contributed by atoms with van der Waals surface area (Å²) < 4.78 is 0. The third-order valence-corrected chi connectivity index (χ3v) is 6.22. The number of carbonyl (C=O) groups is 1. The molecule has 0 bridgehead atoms. The third kappa shape index (κ3) is 6.34. The predicted octanol–water partition coefficient (Wildman–Crippen LogP) is 5.53. The van der Waals surface area contributed by atoms with Crippen LogP contribution in [0.25, 0.3) is 0 Å². The van der Waals surface area contributed by atoms with Crippen molar-refractivity contribution in [2.75, 3.05) is 23.7 Å². The number of hydrogen-bond acceptors (Lipinski definition) is 3. The van der Waals surface area contributed by atoms with Gasteiger partial charge in [-0.25, -0.2) is 0 Å². The fourth-order valence-corrected chi connectivity index (χ4v) is 4.54. The van der Waals surface area contributed by atoms with Gasteiger partial charge in [-0.2, -0.15) is 0 Å². The van der Waals surface area contributed by atoms with Crippen LogP contribution in [0.1, 0.15) is 30.4 Å². The average Bonchev–Trinajstić information content (AvgIpc) is 2.69. The molecule has 1 saturated heterocycles. The molecule has 1 aliphatic heterocycles. The second-order valence-electron chi connectivity index (χ2n) is 6.72. The smallest absolute Gasteiger partial charge is 0.230 e. The number of benzene rings is 2. The quantitative estimate of drug-likeness (QED) is 0.635. The lowest BCUT2D eigenvalue weighted by atomic mass is 10.1. The van der Waals surface area contributed by atoms with Gasteiger partial charge in [-0.15, -0.1) is 11.8 Å². The van der Waals surface area contributed by atoms with Crippen LogP contribution < -0.4 is 10.2 Å². The monoisotopic (exact) mass is 422 g/mol. The normalized spacial score (nSPS) is 14.2. The summed E-state index contributed by atoms with van der Waals surface area (Å²) >= 11 is 13.6. The highest BCUT2D eigenvalue weighted by Gasteiger charge is 2.10. The number of hydrogen-bond donors (Lipinski definition) is 1. The number of amides is 1. The Kier molecular flexibility index (Phi) is 7.74. The molecule has 27 heavy (non-hydrogen) atoms. The molecular weight excluding hydrogens is 399 g/mol. The molecule has 1 aliphatic rings. The number of nitrogens with one attached hydrogen (secondary N) is 1. The van der Waals surface area contributed by atoms with Crippen LogP contribution in [0.15, 0.2) is 42.5 Å². The highest BCUT2D eigenvalue weighted by molar-refractivity contribution is 7.99. The first-order valence-electron chi connectivity index (χ1n) is 9.24. The van der Waals surface area contributed by atoms with E-state index in [1.165, 1.54) is 24.9 Å². The summed E-state index contributed by atoms with van der Waals surface area (Å²) in [4.78, 5) is 14.5. The van der Waals surface area contributed by atoms with Gasteiger partial charge in [0.05, 0.1) is 5.75 Å². The molecule has 3 nitrogen and oxygen atoms in total. The van der Waals surface area contributed by atoms with Crippen molar-refractivity contribution < 1.29 is 4.79 Å². The molecule has 0 aromatic heterocycles. The molecule has 2 aromatic carbocycles. The Morgan fingerprint density at radius 2 is 1.78 bits per heavy atom. The number of carbonyl (C=O) groups excluding carboxylic acids is 1. The van der Waals surface area contributed by atoms with E-state index in [0.717, 1.165) is 24.2 Å². The zero-order valence-electron chi connectivity index (χ0n) is 15.2. The van der Waals surface area contributed by atoms with E-state index in [2.05, 4.69) is 34.5 Å². The van der Waals surface area contributed by atoms with Crippen molar-refractivity contribution in [3.05, 3.63) is 63.6 Å². The lowest BCUT2D eigenvalue weighted by Gasteiger charge is -2.28. The Morgan fingerprint density at radius 3 is 2.48 bits per heavy atom. The summed E-state index contributed by atoms with van der Waals surface area (Å²) in [6, 6.07) is 14.0. The fraction of sp³-hybridized carbons (Fsp3) is 0.381. The first-order valence-corrected chi connectivity index (χ1v) is 11.1. The number of anilines is 1. The first kappa shape index (κ1) is 20.4. The molecule has 3 rings (SSSR count). The van der Waals surface area contributed by atoms with Gasteiger partial charge in [0.15, 0.2) is 0 Å². The van der Waals surface area contributed by atoms with E-state index in [-0.39, 0.29) is 5.91 Å². The van der Waals surface area contributed by atoms with Crippen molar-refractivity contribution in [2.24, 2.45) is 0 Å². The molecule has 0 aliphatic carbocycles. The molecule has 0 unspecified atom stereocenters. The van der Waals surface area contributed by atoms with Gasteiger partial charge in [0, 0.05) is 41.1 Å². The first-order chi connectivity index (χ1) is 13.1. The van der Waals surface area contributed by atoms with Crippen LogP contribution in [0.2, 0.25) is 10.0 Å². The second-order valence-corrected chi connectivity index (χ2v) is 8.55. The topological polar surface area (TPSA) is 32.3 Å². The summed E-state index contributed by atoms with van der Waals surface area (Å²) in [6.07, 6.45) is 3.89. The van der Waals surface area contributed by atoms with Crippen molar-refractivity contribution >= 4 is 46.6 Å². The summed E-state index contributed by atoms with van der Waals surface area (Å²) in [7, 11) is 0. The molecule has 1 amide bonds. The van der Waals surface area contributed by atoms with Crippen LogP contribution in [-0.4, -0.2) is 24.7 Å². The van der Waals surface area contributed by atoms with Crippen LogP contribution in [0.4, 0.5) is 5.69 Å². The number of piperidine rings is 1. The Hall–Kier alpha value is -1.36. The van der Waals surface area contributed by atoms with Crippen LogP contribution in [0.3, 0.4) is 0 Å². The minimum absolute atomic E-state index is 0.0326. The molecule has 0 radical (unpaired) electrons. The van der Waals surface area contributed by atoms with E-state index < -0.39 is 0 Å². The summed E-state index contributed by atoms with van der Waals surface area (Å²) in [5.41, 5.74) is 3.39. The maximum Gasteiger partial charge on any atom is 0.230 e. The van der Waals surface area contributed by atoms with E-state index in [9.17, 15) is 4.79 Å². The maximum absolute atomic E-state index is 12.1. The SMILES string of the molecule is O=C(CSCc1ccc(Cl)cc1Cl)NCc1ccc(N2CCCCC2)cc1. The van der Waals surface area contributed by atoms with E-state index >= 15 is 0 Å². The third-order valence-electron chi connectivity index (χ3n) is 4.65. The fourth-order valence-electron chi connectivity index (χ4n) is 3.12. The number of thioether (sulfide) groups is 1. The lowest BCUT2D eigenvalue weighted by Crippen LogP contribution is -2.29. The molecule has 1 N–H and O–H groups in total. The Morgan fingerprint density at radius 1 is 1.04 bits per heavy atom. The molecule has 1 fully saturated rings. The Bertz CT molecular complexity index is 761. The lowest BCUT2D eigenvalue weighted by molar-refractivity contribution is -0.118. The van der Waals surface area contributed by atoms with Gasteiger partial charge in [-0.1, -0.05) is 41.4 Å². The minimum Gasteiger partial charge on any atom is -0.372 e. The van der Waals surface area contributed by atoms with E-state index in [1.54, 1.807) is 17.8 Å². The van der Waals surface area contributed by atoms with Crippen LogP contribution in [0, 0.1) is 0 Å². The standard InChI is InChI=1S/C21H24Cl2N2OS/c22-18-7-6-17(20(23)12-18)14-27-15-21(26)24-13-16-4-8-19(9-5-16)25-10-2-1-3-11-25/h4-9,12H,1-3,10-11,13-15H2,(H,24,26). The number of halogens is 2. The Balaban J connectivity index is 1.39. The van der Waals surface area contributed by atoms with Gasteiger partial charge in [0.2, 0.25) is 5.91 Å². The molecule has 2 aromatic rings. The van der Waals surface area contributed by atoms with Gasteiger partial charge < -0.3 is 10.2 Å².